The number of hydrogen-bond donors (Lipinski definition) is 2. The van der Waals surface area contributed by atoms with E-state index in [2.05, 4.69) is 5.32 Å². The fourth-order valence-corrected chi connectivity index (χ4v) is 1.25. The van der Waals surface area contributed by atoms with Gasteiger partial charge >= 0.3 is 0 Å². The molecule has 0 heterocycles. The molecule has 2 N–H and O–H groups in total. The molecule has 1 aromatic carbocycles. The second-order valence-electron chi connectivity index (χ2n) is 3.50. The number of nitrogens with one attached hydrogen (secondary N) is 1. The van der Waals surface area contributed by atoms with E-state index in [1.54, 1.807) is 0 Å². The lowest BCUT2D eigenvalue weighted by molar-refractivity contribution is -0.123. The summed E-state index contributed by atoms with van der Waals surface area (Å²) in [7, 11) is 0. The van der Waals surface area contributed by atoms with Gasteiger partial charge in [-0.2, -0.15) is 5.26 Å². The third-order valence-corrected chi connectivity index (χ3v) is 2.04. The zero-order valence-electron chi connectivity index (χ0n) is 9.65. The molecule has 1 aromatic rings. The maximum Gasteiger partial charge on any atom is 0.257 e. The zero-order valence-corrected chi connectivity index (χ0v) is 9.65. The average molecular weight is 252 g/mol. The van der Waals surface area contributed by atoms with Gasteiger partial charge in [-0.15, -0.1) is 0 Å². The number of aliphatic hydroxyl groups is 1. The summed E-state index contributed by atoms with van der Waals surface area (Å²) in [5.74, 6) is -0.754. The summed E-state index contributed by atoms with van der Waals surface area (Å²) >= 11 is 0. The van der Waals surface area contributed by atoms with Crippen LogP contribution in [0.4, 0.5) is 4.39 Å². The molecule has 0 aliphatic carbocycles. The van der Waals surface area contributed by atoms with Crippen LogP contribution in [0.1, 0.15) is 12.0 Å². The molecule has 0 aliphatic rings. The van der Waals surface area contributed by atoms with Gasteiger partial charge in [0.15, 0.2) is 6.61 Å². The Morgan fingerprint density at radius 3 is 2.94 bits per heavy atom. The van der Waals surface area contributed by atoms with E-state index in [0.29, 0.717) is 5.56 Å². The maximum absolute atomic E-state index is 13.1. The predicted octanol–water partition coefficient (Wildman–Crippen LogP) is 0.727. The molecular weight excluding hydrogens is 239 g/mol. The number of benzene rings is 1. The monoisotopic (exact) mass is 252 g/mol. The van der Waals surface area contributed by atoms with Crippen molar-refractivity contribution in [3.63, 3.8) is 0 Å². The molecule has 0 fully saturated rings. The predicted molar refractivity (Wildman–Crippen MR) is 61.1 cm³/mol. The standard InChI is InChI=1S/C12H13FN2O3/c13-10-4-9(7-16)5-11(6-10)18-8-12(17)15-3-1-2-14/h4-6,16H,1,3,7-8H2,(H,15,17). The third kappa shape index (κ3) is 4.80. The molecule has 0 bridgehead atoms. The van der Waals surface area contributed by atoms with Gasteiger partial charge in [-0.3, -0.25) is 4.79 Å². The molecule has 1 amide bonds. The van der Waals surface area contributed by atoms with E-state index in [4.69, 9.17) is 15.1 Å². The Kier molecular flexibility index (Phi) is 5.61. The number of carbonyl (C=O) groups excluding carboxylic acids is 1. The van der Waals surface area contributed by atoms with Gasteiger partial charge in [0.25, 0.3) is 5.91 Å². The summed E-state index contributed by atoms with van der Waals surface area (Å²) < 4.78 is 18.1. The van der Waals surface area contributed by atoms with Crippen molar-refractivity contribution < 1.29 is 19.0 Å². The molecule has 0 aliphatic heterocycles. The van der Waals surface area contributed by atoms with Crippen LogP contribution in [0.25, 0.3) is 0 Å². The smallest absolute Gasteiger partial charge is 0.257 e. The van der Waals surface area contributed by atoms with Crippen LogP contribution in [0.3, 0.4) is 0 Å². The second kappa shape index (κ2) is 7.25. The number of aliphatic hydroxyl groups excluding tert-OH is 1. The van der Waals surface area contributed by atoms with Crippen LogP contribution < -0.4 is 10.1 Å². The highest BCUT2D eigenvalue weighted by atomic mass is 19.1. The Balaban J connectivity index is 2.45. The van der Waals surface area contributed by atoms with Crippen LogP contribution >= 0.6 is 0 Å². The van der Waals surface area contributed by atoms with Crippen LogP contribution in [0, 0.1) is 17.1 Å². The Bertz CT molecular complexity index is 457. The number of rotatable bonds is 6. The van der Waals surface area contributed by atoms with Gasteiger partial charge in [0.05, 0.1) is 19.1 Å². The molecule has 0 saturated heterocycles. The number of carbonyl (C=O) groups is 1. The molecule has 0 spiro atoms. The van der Waals surface area contributed by atoms with Gasteiger partial charge in [0.1, 0.15) is 11.6 Å². The van der Waals surface area contributed by atoms with Crippen LogP contribution in [0.15, 0.2) is 18.2 Å². The number of nitrogens with zero attached hydrogens (tertiary/aromatic N) is 1. The topological polar surface area (TPSA) is 82.4 Å². The summed E-state index contributed by atoms with van der Waals surface area (Å²) in [6.07, 6.45) is 0.223. The van der Waals surface area contributed by atoms with E-state index in [0.717, 1.165) is 6.07 Å². The van der Waals surface area contributed by atoms with Crippen molar-refractivity contribution in [2.45, 2.75) is 13.0 Å². The maximum atomic E-state index is 13.1. The van der Waals surface area contributed by atoms with Crippen molar-refractivity contribution in [2.75, 3.05) is 13.2 Å². The van der Waals surface area contributed by atoms with E-state index in [9.17, 15) is 9.18 Å². The summed E-state index contributed by atoms with van der Waals surface area (Å²) in [6.45, 7) is -0.314. The fraction of sp³-hybridized carbons (Fsp3) is 0.333. The summed E-state index contributed by atoms with van der Waals surface area (Å²) in [5.41, 5.74) is 0.370. The summed E-state index contributed by atoms with van der Waals surface area (Å²) in [6, 6.07) is 5.64. The average Bonchev–Trinajstić information content (AvgIpc) is 2.36. The number of halogens is 1. The normalized spacial score (nSPS) is 9.61. The Hall–Kier alpha value is -2.13. The van der Waals surface area contributed by atoms with Crippen molar-refractivity contribution in [2.24, 2.45) is 0 Å². The van der Waals surface area contributed by atoms with E-state index >= 15 is 0 Å². The first-order chi connectivity index (χ1) is 8.65. The highest BCUT2D eigenvalue weighted by molar-refractivity contribution is 5.77. The number of ether oxygens (including phenoxy) is 1. The van der Waals surface area contributed by atoms with Crippen LogP contribution in [0.2, 0.25) is 0 Å². The molecule has 5 nitrogen and oxygen atoms in total. The van der Waals surface area contributed by atoms with Gasteiger partial charge < -0.3 is 15.2 Å². The first-order valence-electron chi connectivity index (χ1n) is 5.32. The van der Waals surface area contributed by atoms with E-state index in [1.165, 1.54) is 12.1 Å². The molecule has 0 radical (unpaired) electrons. The largest absolute Gasteiger partial charge is 0.484 e. The second-order valence-corrected chi connectivity index (χ2v) is 3.50. The van der Waals surface area contributed by atoms with Gasteiger partial charge in [-0.1, -0.05) is 0 Å². The summed E-state index contributed by atoms with van der Waals surface area (Å²) in [4.78, 5) is 11.2. The fourth-order valence-electron chi connectivity index (χ4n) is 1.25. The molecule has 0 aromatic heterocycles. The zero-order chi connectivity index (χ0) is 13.4. The third-order valence-electron chi connectivity index (χ3n) is 2.04. The molecular formula is C12H13FN2O3. The van der Waals surface area contributed by atoms with Gasteiger partial charge in [0, 0.05) is 12.6 Å². The Morgan fingerprint density at radius 2 is 2.28 bits per heavy atom. The lowest BCUT2D eigenvalue weighted by Gasteiger charge is -2.07. The van der Waals surface area contributed by atoms with Gasteiger partial charge in [-0.05, 0) is 17.7 Å². The lowest BCUT2D eigenvalue weighted by Crippen LogP contribution is -2.29. The van der Waals surface area contributed by atoms with Crippen molar-refractivity contribution >= 4 is 5.91 Å². The lowest BCUT2D eigenvalue weighted by atomic mass is 10.2. The van der Waals surface area contributed by atoms with Crippen molar-refractivity contribution in [3.05, 3.63) is 29.6 Å². The van der Waals surface area contributed by atoms with Crippen molar-refractivity contribution in [1.82, 2.24) is 5.32 Å². The van der Waals surface area contributed by atoms with Crippen molar-refractivity contribution in [1.29, 1.82) is 5.26 Å². The molecule has 1 rings (SSSR count). The highest BCUT2D eigenvalue weighted by Gasteiger charge is 2.05. The first-order valence-corrected chi connectivity index (χ1v) is 5.32. The molecule has 18 heavy (non-hydrogen) atoms. The molecule has 0 unspecified atom stereocenters. The number of amides is 1. The van der Waals surface area contributed by atoms with E-state index in [1.807, 2.05) is 6.07 Å². The van der Waals surface area contributed by atoms with Crippen molar-refractivity contribution in [3.8, 4) is 11.8 Å². The SMILES string of the molecule is N#CCCNC(=O)COc1cc(F)cc(CO)c1. The molecule has 6 heteroatoms. The number of nitriles is 1. The highest BCUT2D eigenvalue weighted by Crippen LogP contribution is 2.16. The minimum absolute atomic E-state index is 0.175. The van der Waals surface area contributed by atoms with Gasteiger partial charge in [-0.25, -0.2) is 4.39 Å². The van der Waals surface area contributed by atoms with Crippen LogP contribution in [-0.2, 0) is 11.4 Å². The molecule has 0 atom stereocenters. The van der Waals surface area contributed by atoms with Crippen LogP contribution in [-0.4, -0.2) is 24.2 Å². The van der Waals surface area contributed by atoms with Crippen LogP contribution in [0.5, 0.6) is 5.75 Å². The Morgan fingerprint density at radius 1 is 1.50 bits per heavy atom. The van der Waals surface area contributed by atoms with Gasteiger partial charge in [0.2, 0.25) is 0 Å². The molecule has 0 saturated carbocycles. The molecule has 96 valence electrons. The number of hydrogen-bond acceptors (Lipinski definition) is 4. The minimum atomic E-state index is -0.540. The minimum Gasteiger partial charge on any atom is -0.484 e. The quantitative estimate of drug-likeness (QED) is 0.731. The van der Waals surface area contributed by atoms with E-state index in [-0.39, 0.29) is 37.8 Å². The first kappa shape index (κ1) is 13.9. The van der Waals surface area contributed by atoms with E-state index < -0.39 is 5.82 Å². The Labute approximate surface area is 104 Å². The summed E-state index contributed by atoms with van der Waals surface area (Å²) in [5, 5.41) is 19.6.